The fourth-order valence-electron chi connectivity index (χ4n) is 2.17. The molecule has 0 spiro atoms. The Morgan fingerprint density at radius 2 is 2.20 bits per heavy atom. The minimum Gasteiger partial charge on any atom is -0.375 e. The van der Waals surface area contributed by atoms with Crippen LogP contribution < -0.4 is 0 Å². The average Bonchev–Trinajstić information content (AvgIpc) is 2.40. The van der Waals surface area contributed by atoms with Crippen LogP contribution in [0.25, 0.3) is 0 Å². The van der Waals surface area contributed by atoms with Gasteiger partial charge in [-0.2, -0.15) is 0 Å². The number of carbonyl (C=O) groups is 1. The van der Waals surface area contributed by atoms with Crippen LogP contribution in [-0.2, 0) is 4.74 Å². The molecule has 2 atom stereocenters. The smallest absolute Gasteiger partial charge is 0.288 e. The molecule has 1 aliphatic heterocycles. The highest BCUT2D eigenvalue weighted by atomic mass is 35.5. The zero-order valence-corrected chi connectivity index (χ0v) is 12.0. The lowest BCUT2D eigenvalue weighted by molar-refractivity contribution is -0.384. The molecule has 2 unspecified atom stereocenters. The zero-order valence-electron chi connectivity index (χ0n) is 11.2. The number of amides is 1. The van der Waals surface area contributed by atoms with Crippen LogP contribution in [0.4, 0.5) is 5.69 Å². The molecule has 1 aliphatic rings. The van der Waals surface area contributed by atoms with Crippen molar-refractivity contribution < 1.29 is 14.5 Å². The summed E-state index contributed by atoms with van der Waals surface area (Å²) in [6.07, 6.45) is -0.0624. The molecule has 0 saturated carbocycles. The van der Waals surface area contributed by atoms with E-state index in [4.69, 9.17) is 16.3 Å². The third-order valence-electron chi connectivity index (χ3n) is 3.27. The van der Waals surface area contributed by atoms with Gasteiger partial charge in [-0.05, 0) is 19.9 Å². The van der Waals surface area contributed by atoms with E-state index >= 15 is 0 Å². The van der Waals surface area contributed by atoms with E-state index in [1.54, 1.807) is 4.90 Å². The van der Waals surface area contributed by atoms with Crippen molar-refractivity contribution in [1.29, 1.82) is 0 Å². The fraction of sp³-hybridized carbons (Fsp3) is 0.462. The van der Waals surface area contributed by atoms with Crippen LogP contribution in [0, 0.1) is 10.1 Å². The quantitative estimate of drug-likeness (QED) is 0.621. The maximum absolute atomic E-state index is 12.5. The Labute approximate surface area is 121 Å². The standard InChI is InChI=1S/C13H15ClN2O4/c1-8-7-20-9(2)6-15(8)13(17)10-4-3-5-11(12(10)14)16(18)19/h3-5,8-9H,6-7H2,1-2H3. The van der Waals surface area contributed by atoms with Gasteiger partial charge in [0.15, 0.2) is 0 Å². The van der Waals surface area contributed by atoms with Gasteiger partial charge in [-0.15, -0.1) is 0 Å². The minimum absolute atomic E-state index is 0.0624. The van der Waals surface area contributed by atoms with E-state index in [9.17, 15) is 14.9 Å². The lowest BCUT2D eigenvalue weighted by atomic mass is 10.1. The number of morpholine rings is 1. The SMILES string of the molecule is CC1CN(C(=O)c2cccc([N+](=O)[O-])c2Cl)C(C)CO1. The highest BCUT2D eigenvalue weighted by Crippen LogP contribution is 2.29. The molecule has 0 bridgehead atoms. The van der Waals surface area contributed by atoms with Crippen molar-refractivity contribution in [2.45, 2.75) is 26.0 Å². The highest BCUT2D eigenvalue weighted by Gasteiger charge is 2.30. The molecule has 0 radical (unpaired) electrons. The minimum atomic E-state index is -0.593. The van der Waals surface area contributed by atoms with Gasteiger partial charge in [0.25, 0.3) is 11.6 Å². The van der Waals surface area contributed by atoms with E-state index in [-0.39, 0.29) is 34.3 Å². The number of nitro groups is 1. The largest absolute Gasteiger partial charge is 0.375 e. The van der Waals surface area contributed by atoms with Gasteiger partial charge >= 0.3 is 0 Å². The van der Waals surface area contributed by atoms with Crippen LogP contribution in [0.2, 0.25) is 5.02 Å². The Balaban J connectivity index is 2.33. The molecule has 2 rings (SSSR count). The van der Waals surface area contributed by atoms with Crippen molar-refractivity contribution in [3.05, 3.63) is 38.9 Å². The second-order valence-electron chi connectivity index (χ2n) is 4.85. The Hall–Kier alpha value is -1.66. The van der Waals surface area contributed by atoms with E-state index in [1.807, 2.05) is 13.8 Å². The summed E-state index contributed by atoms with van der Waals surface area (Å²) in [5.41, 5.74) is -0.103. The highest BCUT2D eigenvalue weighted by molar-refractivity contribution is 6.35. The number of ether oxygens (including phenoxy) is 1. The van der Waals surface area contributed by atoms with E-state index < -0.39 is 4.92 Å². The number of hydrogen-bond donors (Lipinski definition) is 0. The van der Waals surface area contributed by atoms with Gasteiger partial charge in [0, 0.05) is 12.6 Å². The Kier molecular flexibility index (Phi) is 4.25. The average molecular weight is 299 g/mol. The first-order valence-electron chi connectivity index (χ1n) is 6.27. The first-order chi connectivity index (χ1) is 9.41. The zero-order chi connectivity index (χ0) is 14.9. The Morgan fingerprint density at radius 3 is 2.85 bits per heavy atom. The molecule has 1 heterocycles. The molecule has 1 aromatic rings. The topological polar surface area (TPSA) is 72.7 Å². The van der Waals surface area contributed by atoms with Gasteiger partial charge in [0.2, 0.25) is 0 Å². The van der Waals surface area contributed by atoms with Crippen molar-refractivity contribution in [3.8, 4) is 0 Å². The summed E-state index contributed by atoms with van der Waals surface area (Å²) in [7, 11) is 0. The van der Waals surface area contributed by atoms with E-state index in [0.717, 1.165) is 0 Å². The van der Waals surface area contributed by atoms with Crippen LogP contribution in [0.1, 0.15) is 24.2 Å². The summed E-state index contributed by atoms with van der Waals surface area (Å²) in [5.74, 6) is -0.304. The van der Waals surface area contributed by atoms with Gasteiger partial charge in [0.05, 0.1) is 29.2 Å². The van der Waals surface area contributed by atoms with Crippen molar-refractivity contribution in [1.82, 2.24) is 4.90 Å². The molecule has 0 N–H and O–H groups in total. The molecule has 1 saturated heterocycles. The van der Waals surface area contributed by atoms with Gasteiger partial charge in [0.1, 0.15) is 5.02 Å². The van der Waals surface area contributed by atoms with Crippen LogP contribution in [0.5, 0.6) is 0 Å². The van der Waals surface area contributed by atoms with E-state index in [0.29, 0.717) is 13.2 Å². The molecule has 7 heteroatoms. The van der Waals surface area contributed by atoms with Crippen molar-refractivity contribution in [2.75, 3.05) is 13.2 Å². The van der Waals surface area contributed by atoms with Crippen LogP contribution in [-0.4, -0.2) is 41.0 Å². The lowest BCUT2D eigenvalue weighted by Crippen LogP contribution is -2.50. The fourth-order valence-corrected chi connectivity index (χ4v) is 2.44. The van der Waals surface area contributed by atoms with Gasteiger partial charge < -0.3 is 9.64 Å². The number of halogens is 1. The number of rotatable bonds is 2. The molecular weight excluding hydrogens is 284 g/mol. The number of nitrogens with zero attached hydrogens (tertiary/aromatic N) is 2. The van der Waals surface area contributed by atoms with Gasteiger partial charge in [-0.3, -0.25) is 14.9 Å². The first-order valence-corrected chi connectivity index (χ1v) is 6.65. The predicted octanol–water partition coefficient (Wildman–Crippen LogP) is 2.50. The number of benzene rings is 1. The third-order valence-corrected chi connectivity index (χ3v) is 3.67. The molecule has 0 aliphatic carbocycles. The summed E-state index contributed by atoms with van der Waals surface area (Å²) >= 11 is 5.98. The second-order valence-corrected chi connectivity index (χ2v) is 5.22. The Bertz CT molecular complexity index is 549. The molecule has 1 fully saturated rings. The first kappa shape index (κ1) is 14.7. The van der Waals surface area contributed by atoms with Gasteiger partial charge in [-0.25, -0.2) is 0 Å². The summed E-state index contributed by atoms with van der Waals surface area (Å²) in [4.78, 5) is 24.4. The monoisotopic (exact) mass is 298 g/mol. The number of nitro benzene ring substituents is 1. The predicted molar refractivity (Wildman–Crippen MR) is 74.0 cm³/mol. The summed E-state index contributed by atoms with van der Waals surface area (Å²) in [6.45, 7) is 4.63. The van der Waals surface area contributed by atoms with E-state index in [2.05, 4.69) is 0 Å². The van der Waals surface area contributed by atoms with Crippen molar-refractivity contribution >= 4 is 23.2 Å². The van der Waals surface area contributed by atoms with Crippen molar-refractivity contribution in [2.24, 2.45) is 0 Å². The normalized spacial score (nSPS) is 22.6. The molecular formula is C13H15ClN2O4. The summed E-state index contributed by atoms with van der Waals surface area (Å²) < 4.78 is 5.46. The molecule has 108 valence electrons. The second kappa shape index (κ2) is 5.76. The maximum atomic E-state index is 12.5. The number of hydrogen-bond acceptors (Lipinski definition) is 4. The van der Waals surface area contributed by atoms with Crippen molar-refractivity contribution in [3.63, 3.8) is 0 Å². The van der Waals surface area contributed by atoms with Crippen LogP contribution >= 0.6 is 11.6 Å². The van der Waals surface area contributed by atoms with Crippen LogP contribution in [0.3, 0.4) is 0 Å². The molecule has 0 aromatic heterocycles. The van der Waals surface area contributed by atoms with Gasteiger partial charge in [-0.1, -0.05) is 17.7 Å². The van der Waals surface area contributed by atoms with E-state index in [1.165, 1.54) is 18.2 Å². The molecule has 1 amide bonds. The number of carbonyl (C=O) groups excluding carboxylic acids is 1. The molecule has 1 aromatic carbocycles. The molecule has 6 nitrogen and oxygen atoms in total. The summed E-state index contributed by atoms with van der Waals surface area (Å²) in [5, 5.41) is 10.7. The summed E-state index contributed by atoms with van der Waals surface area (Å²) in [6, 6.07) is 4.16. The lowest BCUT2D eigenvalue weighted by Gasteiger charge is -2.36. The molecule has 20 heavy (non-hydrogen) atoms. The Morgan fingerprint density at radius 1 is 1.50 bits per heavy atom. The van der Waals surface area contributed by atoms with Crippen LogP contribution in [0.15, 0.2) is 18.2 Å². The maximum Gasteiger partial charge on any atom is 0.288 e. The third kappa shape index (κ3) is 2.76.